The van der Waals surface area contributed by atoms with E-state index in [0.29, 0.717) is 23.5 Å². The number of benzene rings is 2. The molecule has 1 unspecified atom stereocenters. The lowest BCUT2D eigenvalue weighted by molar-refractivity contribution is 0.0948. The monoisotopic (exact) mass is 284 g/mol. The van der Waals surface area contributed by atoms with Crippen LogP contribution in [-0.2, 0) is 0 Å². The van der Waals surface area contributed by atoms with Gasteiger partial charge >= 0.3 is 0 Å². The second-order valence-electron chi connectivity index (χ2n) is 4.98. The summed E-state index contributed by atoms with van der Waals surface area (Å²) in [5.41, 5.74) is 7.95. The highest BCUT2D eigenvalue weighted by atomic mass is 16.5. The minimum atomic E-state index is -0.158. The number of nitrogens with two attached hydrogens (primary N) is 1. The van der Waals surface area contributed by atoms with Crippen LogP contribution in [0.25, 0.3) is 0 Å². The van der Waals surface area contributed by atoms with Crippen LogP contribution < -0.4 is 15.8 Å². The molecule has 1 amide bonds. The van der Waals surface area contributed by atoms with Crippen molar-refractivity contribution >= 4 is 11.6 Å². The molecule has 0 aliphatic heterocycles. The average molecular weight is 284 g/mol. The van der Waals surface area contributed by atoms with Crippen molar-refractivity contribution in [1.82, 2.24) is 5.32 Å². The van der Waals surface area contributed by atoms with Crippen molar-refractivity contribution in [2.45, 2.75) is 12.8 Å². The fraction of sp³-hybridized carbons (Fsp3) is 0.235. The molecule has 0 bridgehead atoms. The summed E-state index contributed by atoms with van der Waals surface area (Å²) < 4.78 is 5.20. The largest absolute Gasteiger partial charge is 0.496 e. The Morgan fingerprint density at radius 3 is 2.62 bits per heavy atom. The Hall–Kier alpha value is -2.49. The van der Waals surface area contributed by atoms with Crippen LogP contribution in [0.1, 0.15) is 28.8 Å². The van der Waals surface area contributed by atoms with Gasteiger partial charge in [-0.3, -0.25) is 4.79 Å². The number of carbonyl (C=O) groups excluding carboxylic acids is 1. The molecule has 0 fully saturated rings. The highest BCUT2D eigenvalue weighted by Gasteiger charge is 2.13. The molecule has 3 N–H and O–H groups in total. The summed E-state index contributed by atoms with van der Waals surface area (Å²) in [6, 6.07) is 15.1. The van der Waals surface area contributed by atoms with E-state index in [1.807, 2.05) is 18.2 Å². The van der Waals surface area contributed by atoms with Crippen LogP contribution in [0.3, 0.4) is 0 Å². The molecule has 4 heteroatoms. The topological polar surface area (TPSA) is 64.3 Å². The fourth-order valence-electron chi connectivity index (χ4n) is 2.14. The maximum Gasteiger partial charge on any atom is 0.255 e. The van der Waals surface area contributed by atoms with Crippen molar-refractivity contribution in [1.29, 1.82) is 0 Å². The number of amides is 1. The van der Waals surface area contributed by atoms with Gasteiger partial charge in [0.25, 0.3) is 5.91 Å². The molecule has 21 heavy (non-hydrogen) atoms. The normalized spacial score (nSPS) is 11.7. The number of ether oxygens (including phenoxy) is 1. The van der Waals surface area contributed by atoms with Gasteiger partial charge in [0.2, 0.25) is 0 Å². The van der Waals surface area contributed by atoms with E-state index in [9.17, 15) is 4.79 Å². The van der Waals surface area contributed by atoms with Crippen LogP contribution in [0.5, 0.6) is 5.75 Å². The quantitative estimate of drug-likeness (QED) is 0.830. The fourth-order valence-corrected chi connectivity index (χ4v) is 2.14. The molecule has 110 valence electrons. The molecule has 0 spiro atoms. The van der Waals surface area contributed by atoms with Gasteiger partial charge in [0.1, 0.15) is 5.75 Å². The molecule has 2 rings (SSSR count). The van der Waals surface area contributed by atoms with Crippen molar-refractivity contribution in [2.24, 2.45) is 0 Å². The smallest absolute Gasteiger partial charge is 0.255 e. The molecule has 0 saturated heterocycles. The van der Waals surface area contributed by atoms with Gasteiger partial charge in [0, 0.05) is 18.3 Å². The minimum Gasteiger partial charge on any atom is -0.496 e. The Balaban J connectivity index is 2.02. The number of carbonyl (C=O) groups is 1. The van der Waals surface area contributed by atoms with Gasteiger partial charge < -0.3 is 15.8 Å². The van der Waals surface area contributed by atoms with Crippen LogP contribution in [0.2, 0.25) is 0 Å². The standard InChI is InChI=1S/C17H20N2O2/c1-12(13-6-4-3-5-7-13)11-19-17(20)15-9-8-14(18)10-16(15)21-2/h3-10,12H,11,18H2,1-2H3,(H,19,20). The van der Waals surface area contributed by atoms with E-state index in [-0.39, 0.29) is 11.8 Å². The summed E-state index contributed by atoms with van der Waals surface area (Å²) in [7, 11) is 1.53. The van der Waals surface area contributed by atoms with E-state index >= 15 is 0 Å². The maximum atomic E-state index is 12.2. The van der Waals surface area contributed by atoms with Crippen LogP contribution in [0.15, 0.2) is 48.5 Å². The number of methoxy groups -OCH3 is 1. The summed E-state index contributed by atoms with van der Waals surface area (Å²) >= 11 is 0. The van der Waals surface area contributed by atoms with Crippen molar-refractivity contribution in [3.63, 3.8) is 0 Å². The molecule has 0 radical (unpaired) electrons. The lowest BCUT2D eigenvalue weighted by Crippen LogP contribution is -2.27. The molecule has 0 aliphatic carbocycles. The first-order valence-corrected chi connectivity index (χ1v) is 6.88. The first-order valence-electron chi connectivity index (χ1n) is 6.88. The van der Waals surface area contributed by atoms with Gasteiger partial charge in [-0.05, 0) is 23.6 Å². The SMILES string of the molecule is COc1cc(N)ccc1C(=O)NCC(C)c1ccccc1. The van der Waals surface area contributed by atoms with Crippen LogP contribution in [0.4, 0.5) is 5.69 Å². The van der Waals surface area contributed by atoms with Gasteiger partial charge in [-0.1, -0.05) is 37.3 Å². The Kier molecular flexibility index (Phi) is 4.82. The van der Waals surface area contributed by atoms with Crippen LogP contribution >= 0.6 is 0 Å². The van der Waals surface area contributed by atoms with Gasteiger partial charge in [-0.15, -0.1) is 0 Å². The van der Waals surface area contributed by atoms with Gasteiger partial charge in [0.05, 0.1) is 12.7 Å². The maximum absolute atomic E-state index is 12.2. The molecular formula is C17H20N2O2. The Morgan fingerprint density at radius 2 is 1.95 bits per heavy atom. The molecule has 0 aliphatic rings. The van der Waals surface area contributed by atoms with E-state index < -0.39 is 0 Å². The van der Waals surface area contributed by atoms with Gasteiger partial charge in [0.15, 0.2) is 0 Å². The third-order valence-corrected chi connectivity index (χ3v) is 3.41. The zero-order chi connectivity index (χ0) is 15.2. The van der Waals surface area contributed by atoms with Crippen molar-refractivity contribution in [3.8, 4) is 5.75 Å². The third kappa shape index (κ3) is 3.75. The molecule has 1 atom stereocenters. The number of anilines is 1. The van der Waals surface area contributed by atoms with E-state index in [4.69, 9.17) is 10.5 Å². The molecule has 4 nitrogen and oxygen atoms in total. The third-order valence-electron chi connectivity index (χ3n) is 3.41. The number of nitrogens with one attached hydrogen (secondary N) is 1. The second-order valence-corrected chi connectivity index (χ2v) is 4.98. The van der Waals surface area contributed by atoms with Crippen molar-refractivity contribution < 1.29 is 9.53 Å². The predicted octanol–water partition coefficient (Wildman–Crippen LogP) is 2.81. The Bertz CT molecular complexity index is 611. The van der Waals surface area contributed by atoms with Gasteiger partial charge in [-0.2, -0.15) is 0 Å². The van der Waals surface area contributed by atoms with E-state index in [1.54, 1.807) is 18.2 Å². The number of hydrogen-bond acceptors (Lipinski definition) is 3. The van der Waals surface area contributed by atoms with E-state index in [1.165, 1.54) is 12.7 Å². The lowest BCUT2D eigenvalue weighted by atomic mass is 10.0. The molecule has 0 saturated carbocycles. The zero-order valence-corrected chi connectivity index (χ0v) is 12.3. The molecule has 0 heterocycles. The summed E-state index contributed by atoms with van der Waals surface area (Å²) in [5.74, 6) is 0.574. The van der Waals surface area contributed by atoms with Crippen molar-refractivity contribution in [2.75, 3.05) is 19.4 Å². The summed E-state index contributed by atoms with van der Waals surface area (Å²) in [6.07, 6.45) is 0. The summed E-state index contributed by atoms with van der Waals surface area (Å²) in [4.78, 5) is 12.2. The predicted molar refractivity (Wildman–Crippen MR) is 84.6 cm³/mol. The molecule has 2 aromatic carbocycles. The number of rotatable bonds is 5. The number of nitrogen functional groups attached to an aromatic ring is 1. The van der Waals surface area contributed by atoms with Crippen LogP contribution in [-0.4, -0.2) is 19.6 Å². The minimum absolute atomic E-state index is 0.158. The highest BCUT2D eigenvalue weighted by molar-refractivity contribution is 5.97. The highest BCUT2D eigenvalue weighted by Crippen LogP contribution is 2.21. The van der Waals surface area contributed by atoms with Crippen LogP contribution in [0, 0.1) is 0 Å². The van der Waals surface area contributed by atoms with E-state index in [2.05, 4.69) is 24.4 Å². The summed E-state index contributed by atoms with van der Waals surface area (Å²) in [6.45, 7) is 2.65. The second kappa shape index (κ2) is 6.79. The van der Waals surface area contributed by atoms with E-state index in [0.717, 1.165) is 0 Å². The lowest BCUT2D eigenvalue weighted by Gasteiger charge is -2.14. The average Bonchev–Trinajstić information content (AvgIpc) is 2.52. The zero-order valence-electron chi connectivity index (χ0n) is 12.3. The molecule has 2 aromatic rings. The Labute approximate surface area is 124 Å². The first kappa shape index (κ1) is 14.9. The number of hydrogen-bond donors (Lipinski definition) is 2. The van der Waals surface area contributed by atoms with Crippen molar-refractivity contribution in [3.05, 3.63) is 59.7 Å². The molecule has 0 aromatic heterocycles. The summed E-state index contributed by atoms with van der Waals surface area (Å²) in [5, 5.41) is 2.93. The first-order chi connectivity index (χ1) is 10.1. The molecular weight excluding hydrogens is 264 g/mol. The Morgan fingerprint density at radius 1 is 1.24 bits per heavy atom. The van der Waals surface area contributed by atoms with Gasteiger partial charge in [-0.25, -0.2) is 0 Å².